The van der Waals surface area contributed by atoms with Gasteiger partial charge in [-0.15, -0.1) is 11.8 Å². The van der Waals surface area contributed by atoms with Gasteiger partial charge >= 0.3 is 5.97 Å². The molecule has 0 atom stereocenters. The molecule has 2 N–H and O–H groups in total. The van der Waals surface area contributed by atoms with Gasteiger partial charge in [-0.05, 0) is 42.7 Å². The molecule has 0 radical (unpaired) electrons. The standard InChI is InChI=1S/C15H15NO5S2/c1-21-14-7-6-12(9-13(14)15(17)18)23(19,20)16-10-4-3-5-11(8-10)22-2/h3-9,16H,1-2H3,(H,17,18). The lowest BCUT2D eigenvalue weighted by Gasteiger charge is -2.11. The first-order valence-electron chi connectivity index (χ1n) is 6.45. The van der Waals surface area contributed by atoms with Crippen molar-refractivity contribution in [1.29, 1.82) is 0 Å². The molecule has 0 aromatic heterocycles. The van der Waals surface area contributed by atoms with Gasteiger partial charge in [-0.1, -0.05) is 6.07 Å². The highest BCUT2D eigenvalue weighted by Gasteiger charge is 2.19. The van der Waals surface area contributed by atoms with Crippen LogP contribution in [0.1, 0.15) is 10.4 Å². The summed E-state index contributed by atoms with van der Waals surface area (Å²) < 4.78 is 32.2. The quantitative estimate of drug-likeness (QED) is 0.776. The maximum atomic E-state index is 12.4. The molecule has 0 aliphatic carbocycles. The van der Waals surface area contributed by atoms with E-state index in [1.54, 1.807) is 18.2 Å². The molecule has 0 fully saturated rings. The first-order valence-corrected chi connectivity index (χ1v) is 9.16. The molecule has 0 unspecified atom stereocenters. The summed E-state index contributed by atoms with van der Waals surface area (Å²) >= 11 is 1.49. The number of nitrogens with one attached hydrogen (secondary N) is 1. The molecule has 0 spiro atoms. The number of rotatable bonds is 6. The van der Waals surface area contributed by atoms with Crippen molar-refractivity contribution in [3.05, 3.63) is 48.0 Å². The van der Waals surface area contributed by atoms with Crippen molar-refractivity contribution in [1.82, 2.24) is 0 Å². The van der Waals surface area contributed by atoms with Gasteiger partial charge in [0.05, 0.1) is 12.0 Å². The second kappa shape index (κ2) is 6.93. The Morgan fingerprint density at radius 2 is 1.96 bits per heavy atom. The van der Waals surface area contributed by atoms with Gasteiger partial charge in [-0.3, -0.25) is 4.72 Å². The van der Waals surface area contributed by atoms with E-state index in [1.807, 2.05) is 12.3 Å². The van der Waals surface area contributed by atoms with E-state index in [1.165, 1.54) is 31.0 Å². The van der Waals surface area contributed by atoms with Gasteiger partial charge in [-0.2, -0.15) is 0 Å². The fraction of sp³-hybridized carbons (Fsp3) is 0.133. The zero-order valence-electron chi connectivity index (χ0n) is 12.4. The van der Waals surface area contributed by atoms with Gasteiger partial charge in [-0.25, -0.2) is 13.2 Å². The molecule has 6 nitrogen and oxygen atoms in total. The van der Waals surface area contributed by atoms with Crippen LogP contribution in [0.4, 0.5) is 5.69 Å². The van der Waals surface area contributed by atoms with E-state index in [2.05, 4.69) is 4.72 Å². The number of benzene rings is 2. The molecule has 8 heteroatoms. The summed E-state index contributed by atoms with van der Waals surface area (Å²) in [7, 11) is -2.58. The minimum Gasteiger partial charge on any atom is -0.496 e. The summed E-state index contributed by atoms with van der Waals surface area (Å²) in [5, 5.41) is 9.15. The molecule has 0 amide bonds. The molecule has 122 valence electrons. The van der Waals surface area contributed by atoms with E-state index in [9.17, 15) is 13.2 Å². The van der Waals surface area contributed by atoms with Crippen LogP contribution in [0.2, 0.25) is 0 Å². The van der Waals surface area contributed by atoms with Crippen molar-refractivity contribution >= 4 is 33.4 Å². The van der Waals surface area contributed by atoms with E-state index in [4.69, 9.17) is 9.84 Å². The third-order valence-corrected chi connectivity index (χ3v) is 5.14. The lowest BCUT2D eigenvalue weighted by molar-refractivity contribution is 0.0693. The average molecular weight is 353 g/mol. The number of methoxy groups -OCH3 is 1. The molecule has 0 saturated carbocycles. The second-order valence-electron chi connectivity index (χ2n) is 4.50. The smallest absolute Gasteiger partial charge is 0.339 e. The van der Waals surface area contributed by atoms with Crippen LogP contribution in [0.25, 0.3) is 0 Å². The van der Waals surface area contributed by atoms with Crippen LogP contribution in [0, 0.1) is 0 Å². The summed E-state index contributed by atoms with van der Waals surface area (Å²) in [6.45, 7) is 0. The number of anilines is 1. The van der Waals surface area contributed by atoms with E-state index in [-0.39, 0.29) is 16.2 Å². The topological polar surface area (TPSA) is 92.7 Å². The van der Waals surface area contributed by atoms with Gasteiger partial charge in [0, 0.05) is 10.6 Å². The molecule has 0 aliphatic rings. The van der Waals surface area contributed by atoms with Crippen LogP contribution in [-0.4, -0.2) is 32.9 Å². The van der Waals surface area contributed by atoms with Crippen molar-refractivity contribution in [2.45, 2.75) is 9.79 Å². The number of thioether (sulfide) groups is 1. The van der Waals surface area contributed by atoms with Crippen LogP contribution >= 0.6 is 11.8 Å². The average Bonchev–Trinajstić information content (AvgIpc) is 2.53. The summed E-state index contributed by atoms with van der Waals surface area (Å²) in [6.07, 6.45) is 1.89. The summed E-state index contributed by atoms with van der Waals surface area (Å²) in [6, 6.07) is 10.6. The largest absolute Gasteiger partial charge is 0.496 e. The van der Waals surface area contributed by atoms with E-state index in [0.29, 0.717) is 5.69 Å². The highest BCUT2D eigenvalue weighted by molar-refractivity contribution is 7.98. The number of aromatic carboxylic acids is 1. The highest BCUT2D eigenvalue weighted by atomic mass is 32.2. The Kier molecular flexibility index (Phi) is 5.17. The summed E-state index contributed by atoms with van der Waals surface area (Å²) in [4.78, 5) is 12.0. The number of carboxylic acids is 1. The monoisotopic (exact) mass is 353 g/mol. The number of carbonyl (C=O) groups is 1. The number of ether oxygens (including phenoxy) is 1. The third-order valence-electron chi connectivity index (χ3n) is 3.03. The molecule has 2 rings (SSSR count). The fourth-order valence-corrected chi connectivity index (χ4v) is 3.46. The first-order chi connectivity index (χ1) is 10.9. The van der Waals surface area contributed by atoms with Gasteiger partial charge in [0.15, 0.2) is 0 Å². The third kappa shape index (κ3) is 3.96. The molecule has 2 aromatic rings. The predicted octanol–water partition coefficient (Wildman–Crippen LogP) is 2.92. The van der Waals surface area contributed by atoms with E-state index >= 15 is 0 Å². The van der Waals surface area contributed by atoms with Crippen LogP contribution in [0.15, 0.2) is 52.3 Å². The minimum absolute atomic E-state index is 0.0980. The second-order valence-corrected chi connectivity index (χ2v) is 7.07. The maximum Gasteiger partial charge on any atom is 0.339 e. The first kappa shape index (κ1) is 17.2. The lowest BCUT2D eigenvalue weighted by Crippen LogP contribution is -2.14. The molecule has 0 heterocycles. The zero-order chi connectivity index (χ0) is 17.0. The Balaban J connectivity index is 2.39. The van der Waals surface area contributed by atoms with Crippen molar-refractivity contribution in [2.24, 2.45) is 0 Å². The molecular formula is C15H15NO5S2. The minimum atomic E-state index is -3.90. The lowest BCUT2D eigenvalue weighted by atomic mass is 10.2. The van der Waals surface area contributed by atoms with Gasteiger partial charge in [0.2, 0.25) is 0 Å². The highest BCUT2D eigenvalue weighted by Crippen LogP contribution is 2.25. The Labute approximate surface area is 138 Å². The van der Waals surface area contributed by atoms with Crippen molar-refractivity contribution in [3.63, 3.8) is 0 Å². The maximum absolute atomic E-state index is 12.4. The molecule has 0 saturated heterocycles. The van der Waals surface area contributed by atoms with Gasteiger partial charge < -0.3 is 9.84 Å². The molecule has 2 aromatic carbocycles. The van der Waals surface area contributed by atoms with Gasteiger partial charge in [0.25, 0.3) is 10.0 Å². The molecular weight excluding hydrogens is 338 g/mol. The van der Waals surface area contributed by atoms with Crippen LogP contribution in [0.5, 0.6) is 5.75 Å². The molecule has 0 bridgehead atoms. The normalized spacial score (nSPS) is 11.0. The SMILES string of the molecule is COc1ccc(S(=O)(=O)Nc2cccc(SC)c2)cc1C(=O)O. The Morgan fingerprint density at radius 3 is 2.57 bits per heavy atom. The Hall–Kier alpha value is -2.19. The zero-order valence-corrected chi connectivity index (χ0v) is 14.1. The predicted molar refractivity (Wildman–Crippen MR) is 89.0 cm³/mol. The number of sulfonamides is 1. The van der Waals surface area contributed by atoms with Crippen LogP contribution in [-0.2, 0) is 10.0 Å². The van der Waals surface area contributed by atoms with Gasteiger partial charge in [0.1, 0.15) is 11.3 Å². The van der Waals surface area contributed by atoms with Crippen LogP contribution in [0.3, 0.4) is 0 Å². The fourth-order valence-electron chi connectivity index (χ4n) is 1.92. The van der Waals surface area contributed by atoms with E-state index in [0.717, 1.165) is 11.0 Å². The molecule has 23 heavy (non-hydrogen) atoms. The Morgan fingerprint density at radius 1 is 1.22 bits per heavy atom. The van der Waals surface area contributed by atoms with Crippen molar-refractivity contribution in [2.75, 3.05) is 18.1 Å². The number of hydrogen-bond acceptors (Lipinski definition) is 5. The molecule has 0 aliphatic heterocycles. The van der Waals surface area contributed by atoms with Crippen LogP contribution < -0.4 is 9.46 Å². The Bertz CT molecular complexity index is 834. The number of hydrogen-bond donors (Lipinski definition) is 2. The van der Waals surface area contributed by atoms with Crippen molar-refractivity contribution in [3.8, 4) is 5.75 Å². The summed E-state index contributed by atoms with van der Waals surface area (Å²) in [5.41, 5.74) is 0.192. The summed E-state index contributed by atoms with van der Waals surface area (Å²) in [5.74, 6) is -1.16. The number of carboxylic acid groups (broad SMARTS) is 1. The van der Waals surface area contributed by atoms with E-state index < -0.39 is 16.0 Å². The van der Waals surface area contributed by atoms with Crippen molar-refractivity contribution < 1.29 is 23.1 Å².